The minimum atomic E-state index is -0.408. The summed E-state index contributed by atoms with van der Waals surface area (Å²) in [5.41, 5.74) is 7.94. The first-order valence-corrected chi connectivity index (χ1v) is 4.88. The molecule has 80 valence electrons. The maximum absolute atomic E-state index is 10.6. The van der Waals surface area contributed by atoms with Crippen molar-refractivity contribution in [2.75, 3.05) is 0 Å². The molecule has 0 radical (unpaired) electrons. The van der Waals surface area contributed by atoms with E-state index in [4.69, 9.17) is 5.73 Å². The molecule has 0 unspecified atom stereocenters. The Labute approximate surface area is 92.8 Å². The fourth-order valence-corrected chi connectivity index (χ4v) is 1.46. The molecule has 0 saturated heterocycles. The van der Waals surface area contributed by atoms with Crippen LogP contribution in [-0.4, -0.2) is 16.1 Å². The zero-order valence-corrected chi connectivity index (χ0v) is 8.87. The molecule has 0 saturated carbocycles. The van der Waals surface area contributed by atoms with Crippen LogP contribution < -0.4 is 5.73 Å². The summed E-state index contributed by atoms with van der Waals surface area (Å²) < 4.78 is 0. The van der Waals surface area contributed by atoms with E-state index in [1.54, 1.807) is 6.20 Å². The molecule has 4 heteroatoms. The fourth-order valence-electron chi connectivity index (χ4n) is 1.46. The number of hydrogen-bond donors (Lipinski definition) is 2. The second kappa shape index (κ2) is 4.07. The van der Waals surface area contributed by atoms with Gasteiger partial charge in [-0.3, -0.25) is 9.89 Å². The van der Waals surface area contributed by atoms with Crippen LogP contribution in [0.2, 0.25) is 0 Å². The molecule has 0 aliphatic heterocycles. The van der Waals surface area contributed by atoms with Crippen LogP contribution in [0.15, 0.2) is 18.3 Å². The van der Waals surface area contributed by atoms with Gasteiger partial charge in [-0.2, -0.15) is 5.10 Å². The van der Waals surface area contributed by atoms with Gasteiger partial charge in [-0.15, -0.1) is 0 Å². The van der Waals surface area contributed by atoms with Gasteiger partial charge < -0.3 is 5.73 Å². The molecule has 0 bridgehead atoms. The molecule has 1 heterocycles. The number of primary amides is 1. The first-order valence-electron chi connectivity index (χ1n) is 4.88. The number of hydrogen-bond acceptors (Lipinski definition) is 2. The molecule has 1 aromatic carbocycles. The van der Waals surface area contributed by atoms with Crippen molar-refractivity contribution in [3.63, 3.8) is 0 Å². The molecule has 16 heavy (non-hydrogen) atoms. The number of aromatic nitrogens is 2. The van der Waals surface area contributed by atoms with Crippen molar-refractivity contribution < 1.29 is 4.79 Å². The number of nitrogens with two attached hydrogens (primary N) is 1. The molecular weight excluding hydrogens is 202 g/mol. The number of carbonyl (C=O) groups excluding carboxylic acids is 1. The fraction of sp³-hybridized carbons (Fsp3) is 0.167. The van der Waals surface area contributed by atoms with Gasteiger partial charge in [0.25, 0.3) is 0 Å². The highest BCUT2D eigenvalue weighted by molar-refractivity contribution is 5.81. The third-order valence-electron chi connectivity index (χ3n) is 2.27. The van der Waals surface area contributed by atoms with Crippen LogP contribution in [0.3, 0.4) is 0 Å². The number of aromatic amines is 1. The van der Waals surface area contributed by atoms with E-state index in [1.807, 2.05) is 19.1 Å². The molecule has 1 amide bonds. The monoisotopic (exact) mass is 213 g/mol. The highest BCUT2D eigenvalue weighted by atomic mass is 16.1. The Balaban J connectivity index is 2.38. The van der Waals surface area contributed by atoms with E-state index in [0.29, 0.717) is 0 Å². The van der Waals surface area contributed by atoms with Gasteiger partial charge in [0.05, 0.1) is 18.1 Å². The third-order valence-corrected chi connectivity index (χ3v) is 2.27. The van der Waals surface area contributed by atoms with Gasteiger partial charge in [-0.05, 0) is 24.6 Å². The molecule has 0 spiro atoms. The summed E-state index contributed by atoms with van der Waals surface area (Å²) in [5, 5.41) is 7.84. The summed E-state index contributed by atoms with van der Waals surface area (Å²) in [7, 11) is 0. The van der Waals surface area contributed by atoms with E-state index in [1.165, 1.54) is 0 Å². The lowest BCUT2D eigenvalue weighted by Crippen LogP contribution is -2.08. The number of H-pyrrole nitrogens is 1. The number of fused-ring (bicyclic) bond motifs is 1. The number of carbonyl (C=O) groups is 1. The van der Waals surface area contributed by atoms with Crippen molar-refractivity contribution in [1.29, 1.82) is 0 Å². The van der Waals surface area contributed by atoms with Crippen molar-refractivity contribution in [3.05, 3.63) is 29.5 Å². The standard InChI is InChI=1S/C12H11N3O/c1-8-5-11-10(7-14-15-11)6-9(8)3-2-4-12(13)16/h5-7H,4H2,1H3,(H2,13,16)(H,14,15). The molecule has 1 aromatic heterocycles. The van der Waals surface area contributed by atoms with Crippen LogP contribution >= 0.6 is 0 Å². The average molecular weight is 213 g/mol. The Kier molecular flexibility index (Phi) is 2.61. The highest BCUT2D eigenvalue weighted by Crippen LogP contribution is 2.16. The van der Waals surface area contributed by atoms with Crippen LogP contribution in [0.4, 0.5) is 0 Å². The van der Waals surface area contributed by atoms with Gasteiger partial charge in [0, 0.05) is 10.9 Å². The lowest BCUT2D eigenvalue weighted by atomic mass is 10.1. The number of nitrogens with one attached hydrogen (secondary N) is 1. The van der Waals surface area contributed by atoms with Gasteiger partial charge in [0.15, 0.2) is 0 Å². The number of nitrogens with zero attached hydrogens (tertiary/aromatic N) is 1. The van der Waals surface area contributed by atoms with Gasteiger partial charge >= 0.3 is 0 Å². The Morgan fingerprint density at radius 1 is 1.56 bits per heavy atom. The number of aryl methyl sites for hydroxylation is 1. The van der Waals surface area contributed by atoms with E-state index >= 15 is 0 Å². The second-order valence-corrected chi connectivity index (χ2v) is 3.57. The van der Waals surface area contributed by atoms with Gasteiger partial charge in [-0.1, -0.05) is 11.8 Å². The number of amides is 1. The molecule has 4 nitrogen and oxygen atoms in total. The van der Waals surface area contributed by atoms with Crippen LogP contribution in [0.5, 0.6) is 0 Å². The van der Waals surface area contributed by atoms with Gasteiger partial charge in [0.2, 0.25) is 5.91 Å². The first-order chi connectivity index (χ1) is 7.66. The zero-order valence-electron chi connectivity index (χ0n) is 8.87. The SMILES string of the molecule is Cc1cc2[nH]ncc2cc1C#CCC(N)=O. The van der Waals surface area contributed by atoms with Crippen molar-refractivity contribution >= 4 is 16.8 Å². The van der Waals surface area contributed by atoms with Gasteiger partial charge in [-0.25, -0.2) is 0 Å². The Morgan fingerprint density at radius 3 is 3.12 bits per heavy atom. The normalized spacial score (nSPS) is 9.81. The Bertz CT molecular complexity index is 601. The smallest absolute Gasteiger partial charge is 0.229 e. The quantitative estimate of drug-likeness (QED) is 0.696. The highest BCUT2D eigenvalue weighted by Gasteiger charge is 2.00. The Hall–Kier alpha value is -2.28. The molecular formula is C12H11N3O. The topological polar surface area (TPSA) is 71.8 Å². The van der Waals surface area contributed by atoms with Gasteiger partial charge in [0.1, 0.15) is 0 Å². The molecule has 2 aromatic rings. The molecule has 0 aliphatic rings. The summed E-state index contributed by atoms with van der Waals surface area (Å²) >= 11 is 0. The second-order valence-electron chi connectivity index (χ2n) is 3.57. The molecule has 0 fully saturated rings. The maximum atomic E-state index is 10.6. The molecule has 2 rings (SSSR count). The summed E-state index contributed by atoms with van der Waals surface area (Å²) in [6.07, 6.45) is 1.83. The van der Waals surface area contributed by atoms with Crippen molar-refractivity contribution in [3.8, 4) is 11.8 Å². The largest absolute Gasteiger partial charge is 0.369 e. The van der Waals surface area contributed by atoms with Crippen LogP contribution in [0, 0.1) is 18.8 Å². The average Bonchev–Trinajstić information content (AvgIpc) is 2.64. The summed E-state index contributed by atoms with van der Waals surface area (Å²) in [6, 6.07) is 3.93. The minimum Gasteiger partial charge on any atom is -0.369 e. The van der Waals surface area contributed by atoms with Crippen molar-refractivity contribution in [1.82, 2.24) is 10.2 Å². The molecule has 0 atom stereocenters. The number of rotatable bonds is 1. The molecule has 3 N–H and O–H groups in total. The third kappa shape index (κ3) is 2.04. The van der Waals surface area contributed by atoms with E-state index in [-0.39, 0.29) is 6.42 Å². The zero-order chi connectivity index (χ0) is 11.5. The summed E-state index contributed by atoms with van der Waals surface area (Å²) in [5.74, 6) is 5.27. The molecule has 0 aliphatic carbocycles. The lowest BCUT2D eigenvalue weighted by molar-refractivity contribution is -0.117. The van der Waals surface area contributed by atoms with E-state index < -0.39 is 5.91 Å². The predicted molar refractivity (Wildman–Crippen MR) is 61.5 cm³/mol. The minimum absolute atomic E-state index is 0.0862. The van der Waals surface area contributed by atoms with E-state index in [0.717, 1.165) is 22.0 Å². The summed E-state index contributed by atoms with van der Waals surface area (Å²) in [4.78, 5) is 10.6. The first kappa shape index (κ1) is 10.2. The Morgan fingerprint density at radius 2 is 2.38 bits per heavy atom. The lowest BCUT2D eigenvalue weighted by Gasteiger charge is -1.97. The van der Waals surface area contributed by atoms with Crippen LogP contribution in [-0.2, 0) is 4.79 Å². The van der Waals surface area contributed by atoms with E-state index in [9.17, 15) is 4.79 Å². The predicted octanol–water partition coefficient (Wildman–Crippen LogP) is 1.10. The summed E-state index contributed by atoms with van der Waals surface area (Å²) in [6.45, 7) is 1.97. The van der Waals surface area contributed by atoms with Crippen LogP contribution in [0.25, 0.3) is 10.9 Å². The maximum Gasteiger partial charge on any atom is 0.229 e. The van der Waals surface area contributed by atoms with E-state index in [2.05, 4.69) is 22.0 Å². The van der Waals surface area contributed by atoms with Crippen molar-refractivity contribution in [2.24, 2.45) is 5.73 Å². The number of benzene rings is 1. The van der Waals surface area contributed by atoms with Crippen molar-refractivity contribution in [2.45, 2.75) is 13.3 Å². The van der Waals surface area contributed by atoms with Crippen LogP contribution in [0.1, 0.15) is 17.5 Å².